The van der Waals surface area contributed by atoms with E-state index in [1.54, 1.807) is 0 Å². The number of aliphatic hydroxyl groups excluding tert-OH is 1. The van der Waals surface area contributed by atoms with Crippen molar-refractivity contribution in [2.45, 2.75) is 119 Å². The Hall–Kier alpha value is 0.680. The van der Waals surface area contributed by atoms with Gasteiger partial charge in [0, 0.05) is 6.61 Å². The van der Waals surface area contributed by atoms with Crippen molar-refractivity contribution in [1.82, 2.24) is 0 Å². The van der Waals surface area contributed by atoms with Crippen LogP contribution < -0.4 is 0 Å². The minimum Gasteiger partial charge on any atom is -0.396 e. The van der Waals surface area contributed by atoms with Crippen molar-refractivity contribution in [2.75, 3.05) is 6.61 Å². The van der Waals surface area contributed by atoms with E-state index < -0.39 is 0 Å². The molecule has 0 bridgehead atoms. The molecule has 0 saturated heterocycles. The Morgan fingerprint density at radius 1 is 0.696 bits per heavy atom. The average Bonchev–Trinajstić information content (AvgIpc) is 2.58. The van der Waals surface area contributed by atoms with Crippen molar-refractivity contribution in [2.24, 2.45) is 0 Å². The molecule has 0 unspecified atom stereocenters. The molecule has 0 amide bonds. The van der Waals surface area contributed by atoms with E-state index in [0.717, 1.165) is 17.7 Å². The molecule has 0 aromatic heterocycles. The predicted octanol–water partition coefficient (Wildman–Crippen LogP) is 6.64. The summed E-state index contributed by atoms with van der Waals surface area (Å²) < 4.78 is 0. The molecule has 3 heteroatoms. The summed E-state index contributed by atoms with van der Waals surface area (Å²) in [6, 6.07) is 0. The number of hydrogen-bond donors (Lipinski definition) is 1. The normalized spacial score (nSPS) is 26.9. The van der Waals surface area contributed by atoms with E-state index in [2.05, 4.69) is 0 Å². The van der Waals surface area contributed by atoms with Gasteiger partial charge in [0.1, 0.15) is 0 Å². The van der Waals surface area contributed by atoms with Crippen molar-refractivity contribution < 1.29 is 5.11 Å². The first-order valence-corrected chi connectivity index (χ1v) is 11.7. The third-order valence-electron chi connectivity index (χ3n) is 6.85. The summed E-state index contributed by atoms with van der Waals surface area (Å²) in [4.78, 5) is 0. The van der Waals surface area contributed by atoms with Crippen LogP contribution in [-0.2, 0) is 0 Å². The van der Waals surface area contributed by atoms with Crippen LogP contribution in [0.25, 0.3) is 0 Å². The van der Waals surface area contributed by atoms with Gasteiger partial charge in [-0.1, -0.05) is 65.7 Å². The highest BCUT2D eigenvalue weighted by atomic mass is 35.5. The van der Waals surface area contributed by atoms with E-state index in [9.17, 15) is 5.11 Å². The molecule has 1 nitrogen and oxygen atoms in total. The Morgan fingerprint density at radius 2 is 1.13 bits per heavy atom. The quantitative estimate of drug-likeness (QED) is 0.545. The van der Waals surface area contributed by atoms with Crippen LogP contribution in [0, 0.1) is 0 Å². The highest BCUT2D eigenvalue weighted by Crippen LogP contribution is 2.68. The summed E-state index contributed by atoms with van der Waals surface area (Å²) >= 11 is 0. The molecule has 3 saturated carbocycles. The Bertz CT molecular complexity index is 294. The molecule has 0 aliphatic heterocycles. The molecule has 3 aliphatic rings. The third kappa shape index (κ3) is 4.86. The summed E-state index contributed by atoms with van der Waals surface area (Å²) in [6.07, 6.45) is 23.4. The van der Waals surface area contributed by atoms with E-state index in [1.165, 1.54) is 96.3 Å². The molecule has 1 N–H and O–H groups in total. The topological polar surface area (TPSA) is 20.2 Å². The summed E-state index contributed by atoms with van der Waals surface area (Å²) in [7, 11) is 0.135. The maximum absolute atomic E-state index is 9.84. The van der Waals surface area contributed by atoms with Gasteiger partial charge in [-0.25, -0.2) is 0 Å². The Morgan fingerprint density at radius 3 is 1.57 bits per heavy atom. The molecule has 3 aliphatic carbocycles. The van der Waals surface area contributed by atoms with Crippen LogP contribution >= 0.6 is 20.3 Å². The van der Waals surface area contributed by atoms with Gasteiger partial charge in [0.15, 0.2) is 0 Å². The zero-order chi connectivity index (χ0) is 15.3. The summed E-state index contributed by atoms with van der Waals surface area (Å²) in [5, 5.41) is 10.4. The van der Waals surface area contributed by atoms with Gasteiger partial charge in [-0.15, -0.1) is 12.4 Å². The molecule has 0 aromatic rings. The van der Waals surface area contributed by atoms with Crippen LogP contribution in [0.4, 0.5) is 0 Å². The molecule has 0 atom stereocenters. The lowest BCUT2D eigenvalue weighted by atomic mass is 9.86. The average molecular weight is 361 g/mol. The van der Waals surface area contributed by atoms with Gasteiger partial charge in [0.05, 0.1) is 0 Å². The summed E-state index contributed by atoms with van der Waals surface area (Å²) in [5.41, 5.74) is 2.10. The second-order valence-electron chi connectivity index (χ2n) is 8.25. The molecule has 0 aromatic carbocycles. The number of hydrogen-bond acceptors (Lipinski definition) is 1. The van der Waals surface area contributed by atoms with Crippen molar-refractivity contribution in [3.63, 3.8) is 0 Å². The molecular weight excluding hydrogens is 323 g/mol. The smallest absolute Gasteiger partial charge is 0.0439 e. The molecule has 3 fully saturated rings. The SMILES string of the molecule is Cl.OCCC1(P(C2CCCCC2)C2CCCCC2)CCCCC1. The molecule has 0 radical (unpaired) electrons. The van der Waals surface area contributed by atoms with E-state index in [4.69, 9.17) is 0 Å². The maximum Gasteiger partial charge on any atom is 0.0439 e. The molecule has 136 valence electrons. The second kappa shape index (κ2) is 9.98. The fraction of sp³-hybridized carbons (Fsp3) is 1.00. The maximum atomic E-state index is 9.84. The monoisotopic (exact) mass is 360 g/mol. The number of aliphatic hydroxyl groups is 1. The fourth-order valence-electron chi connectivity index (χ4n) is 5.85. The van der Waals surface area contributed by atoms with Crippen molar-refractivity contribution >= 4 is 20.3 Å². The van der Waals surface area contributed by atoms with Crippen LogP contribution in [0.15, 0.2) is 0 Å². The van der Waals surface area contributed by atoms with E-state index in [0.29, 0.717) is 11.8 Å². The summed E-state index contributed by atoms with van der Waals surface area (Å²) in [6.45, 7) is 0.443. The second-order valence-corrected chi connectivity index (χ2v) is 11.5. The van der Waals surface area contributed by atoms with Crippen LogP contribution in [0.2, 0.25) is 0 Å². The highest BCUT2D eigenvalue weighted by molar-refractivity contribution is 7.60. The Labute approximate surface area is 151 Å². The largest absolute Gasteiger partial charge is 0.396 e. The van der Waals surface area contributed by atoms with E-state index in [-0.39, 0.29) is 20.3 Å². The molecule has 0 heterocycles. The van der Waals surface area contributed by atoms with Crippen molar-refractivity contribution in [3.05, 3.63) is 0 Å². The fourth-order valence-corrected chi connectivity index (χ4v) is 11.0. The van der Waals surface area contributed by atoms with Gasteiger partial charge in [-0.2, -0.15) is 0 Å². The minimum atomic E-state index is 0. The molecule has 0 spiro atoms. The predicted molar refractivity (Wildman–Crippen MR) is 105 cm³/mol. The van der Waals surface area contributed by atoms with Gasteiger partial charge in [0.25, 0.3) is 0 Å². The standard InChI is InChI=1S/C20H37OP.ClH/c21-17-16-20(14-8-3-9-15-20)22(18-10-4-1-5-11-18)19-12-6-2-7-13-19;/h18-19,21H,1-17H2;1H. The molecule has 23 heavy (non-hydrogen) atoms. The number of rotatable bonds is 5. The molecular formula is C20H38ClOP. The van der Waals surface area contributed by atoms with Gasteiger partial charge >= 0.3 is 0 Å². The van der Waals surface area contributed by atoms with Crippen LogP contribution in [0.3, 0.4) is 0 Å². The van der Waals surface area contributed by atoms with Crippen LogP contribution in [-0.4, -0.2) is 28.2 Å². The lowest BCUT2D eigenvalue weighted by Crippen LogP contribution is -2.39. The third-order valence-corrected chi connectivity index (χ3v) is 11.2. The van der Waals surface area contributed by atoms with Crippen molar-refractivity contribution in [3.8, 4) is 0 Å². The Kier molecular flexibility index (Phi) is 8.68. The zero-order valence-electron chi connectivity index (χ0n) is 15.0. The van der Waals surface area contributed by atoms with Gasteiger partial charge < -0.3 is 5.11 Å². The van der Waals surface area contributed by atoms with Gasteiger partial charge in [-0.3, -0.25) is 0 Å². The first-order chi connectivity index (χ1) is 10.9. The lowest BCUT2D eigenvalue weighted by molar-refractivity contribution is 0.241. The van der Waals surface area contributed by atoms with Gasteiger partial charge in [-0.05, 0) is 61.4 Å². The first kappa shape index (κ1) is 20.0. The summed E-state index contributed by atoms with van der Waals surface area (Å²) in [5.74, 6) is 0. The first-order valence-electron chi connectivity index (χ1n) is 10.2. The minimum absolute atomic E-state index is 0. The molecule has 3 rings (SSSR count). The zero-order valence-corrected chi connectivity index (χ0v) is 16.7. The van der Waals surface area contributed by atoms with E-state index >= 15 is 0 Å². The lowest BCUT2D eigenvalue weighted by Gasteiger charge is -2.52. The van der Waals surface area contributed by atoms with Gasteiger partial charge in [0.2, 0.25) is 0 Å². The van der Waals surface area contributed by atoms with Crippen LogP contribution in [0.5, 0.6) is 0 Å². The number of halogens is 1. The van der Waals surface area contributed by atoms with Crippen molar-refractivity contribution in [1.29, 1.82) is 0 Å². The highest BCUT2D eigenvalue weighted by Gasteiger charge is 2.46. The van der Waals surface area contributed by atoms with E-state index in [1.807, 2.05) is 0 Å². The van der Waals surface area contributed by atoms with Crippen LogP contribution in [0.1, 0.15) is 103 Å². The Balaban J connectivity index is 0.00000192.